The number of rotatable bonds is 4. The lowest BCUT2D eigenvalue weighted by Crippen LogP contribution is -2.59. The first-order chi connectivity index (χ1) is 13.5. The Labute approximate surface area is 169 Å². The van der Waals surface area contributed by atoms with E-state index in [2.05, 4.69) is 4.98 Å². The first-order valence-electron chi connectivity index (χ1n) is 9.16. The summed E-state index contributed by atoms with van der Waals surface area (Å²) in [6.45, 7) is 2.46. The summed E-state index contributed by atoms with van der Waals surface area (Å²) in [7, 11) is 0. The molecular weight excluding hydrogens is 413 g/mol. The molecule has 29 heavy (non-hydrogen) atoms. The molecule has 156 valence electrons. The molecule has 1 unspecified atom stereocenters. The maximum absolute atomic E-state index is 13.8. The number of β-amino-alcohol motifs (C(OH)–C–C–N with tert-alkyl or cyclic N) is 1. The summed E-state index contributed by atoms with van der Waals surface area (Å²) in [6, 6.07) is 1.11. The topological polar surface area (TPSA) is 101 Å². The predicted octanol–water partition coefficient (Wildman–Crippen LogP) is 2.35. The van der Waals surface area contributed by atoms with Crippen molar-refractivity contribution in [2.45, 2.75) is 31.7 Å². The highest BCUT2D eigenvalue weighted by Gasteiger charge is 2.57. The molecule has 0 radical (unpaired) electrons. The number of fused-ring (bicyclic) bond motifs is 1. The largest absolute Gasteiger partial charge is 0.481 e. The van der Waals surface area contributed by atoms with Crippen molar-refractivity contribution in [3.8, 4) is 6.07 Å². The van der Waals surface area contributed by atoms with Crippen molar-refractivity contribution in [3.63, 3.8) is 0 Å². The highest BCUT2D eigenvalue weighted by Crippen LogP contribution is 2.55. The number of piperidine rings is 1. The van der Waals surface area contributed by atoms with Crippen LogP contribution in [0.5, 0.6) is 0 Å². The maximum Gasteiger partial charge on any atom is 0.419 e. The van der Waals surface area contributed by atoms with Crippen LogP contribution in [0.2, 0.25) is 5.02 Å². The number of aliphatic carboxylic acids is 1. The molecule has 2 saturated heterocycles. The van der Waals surface area contributed by atoms with Crippen molar-refractivity contribution >= 4 is 29.2 Å². The van der Waals surface area contributed by atoms with Crippen LogP contribution in [0.1, 0.15) is 24.5 Å². The van der Waals surface area contributed by atoms with Gasteiger partial charge in [0.05, 0.1) is 22.7 Å². The quantitative estimate of drug-likeness (QED) is 0.756. The van der Waals surface area contributed by atoms with E-state index in [1.807, 2.05) is 0 Å². The number of carbonyl (C=O) groups is 1. The van der Waals surface area contributed by atoms with Gasteiger partial charge in [0.25, 0.3) is 0 Å². The fourth-order valence-electron chi connectivity index (χ4n) is 4.52. The number of aromatic nitrogens is 1. The van der Waals surface area contributed by atoms with Gasteiger partial charge in [0.1, 0.15) is 17.5 Å². The van der Waals surface area contributed by atoms with Crippen LogP contribution in [0.3, 0.4) is 0 Å². The molecule has 1 aromatic heterocycles. The van der Waals surface area contributed by atoms with Crippen LogP contribution in [0.25, 0.3) is 0 Å². The van der Waals surface area contributed by atoms with Crippen molar-refractivity contribution < 1.29 is 28.2 Å². The maximum atomic E-state index is 13.8. The monoisotopic (exact) mass is 430 g/mol. The number of hydrogen-bond acceptors (Lipinski definition) is 6. The van der Waals surface area contributed by atoms with Crippen LogP contribution in [-0.2, 0) is 11.0 Å². The Hall–Kier alpha value is -2.25. The average Bonchev–Trinajstić information content (AvgIpc) is 3.06. The van der Waals surface area contributed by atoms with Crippen molar-refractivity contribution in [1.29, 1.82) is 5.26 Å². The fourth-order valence-corrected chi connectivity index (χ4v) is 4.89. The molecule has 3 heterocycles. The Balaban J connectivity index is 1.72. The van der Waals surface area contributed by atoms with Crippen LogP contribution in [0.4, 0.5) is 24.8 Å². The Bertz CT molecular complexity index is 907. The summed E-state index contributed by atoms with van der Waals surface area (Å²) in [5.41, 5.74) is -1.88. The van der Waals surface area contributed by atoms with Crippen LogP contribution in [-0.4, -0.2) is 52.9 Å². The molecule has 11 heteroatoms. The lowest BCUT2D eigenvalue weighted by molar-refractivity contribution is -0.138. The van der Waals surface area contributed by atoms with Crippen LogP contribution < -0.4 is 9.80 Å². The van der Waals surface area contributed by atoms with E-state index in [4.69, 9.17) is 16.7 Å². The summed E-state index contributed by atoms with van der Waals surface area (Å²) < 4.78 is 41.3. The molecule has 3 aliphatic rings. The lowest BCUT2D eigenvalue weighted by Gasteiger charge is -2.45. The van der Waals surface area contributed by atoms with Crippen LogP contribution in [0, 0.1) is 29.1 Å². The lowest BCUT2D eigenvalue weighted by atomic mass is 9.99. The number of nitrogens with zero attached hydrogens (tertiary/aromatic N) is 4. The van der Waals surface area contributed by atoms with Gasteiger partial charge in [-0.1, -0.05) is 11.6 Å². The van der Waals surface area contributed by atoms with Gasteiger partial charge in [0.2, 0.25) is 0 Å². The van der Waals surface area contributed by atoms with Gasteiger partial charge >= 0.3 is 12.1 Å². The summed E-state index contributed by atoms with van der Waals surface area (Å²) >= 11 is 6.11. The second-order valence-corrected chi connectivity index (χ2v) is 8.27. The highest BCUT2D eigenvalue weighted by atomic mass is 35.5. The smallest absolute Gasteiger partial charge is 0.419 e. The molecule has 0 amide bonds. The summed E-state index contributed by atoms with van der Waals surface area (Å²) in [6.07, 6.45) is -5.52. The van der Waals surface area contributed by atoms with Gasteiger partial charge in [-0.2, -0.15) is 18.4 Å². The first-order valence-corrected chi connectivity index (χ1v) is 9.54. The SMILES string of the molecule is C[C@H]1[C@H](O)CN1c1nc(N2C[C@@H]3C(CC(=O)O)[C@@H]3C2)c(Cl)c(C(F)(F)F)c1C#N. The average molecular weight is 431 g/mol. The zero-order valence-electron chi connectivity index (χ0n) is 15.3. The van der Waals surface area contributed by atoms with Crippen LogP contribution >= 0.6 is 11.6 Å². The van der Waals surface area contributed by atoms with E-state index in [1.165, 1.54) is 4.90 Å². The number of nitriles is 1. The number of alkyl halides is 3. The van der Waals surface area contributed by atoms with E-state index in [1.54, 1.807) is 17.9 Å². The third kappa shape index (κ3) is 3.16. The molecule has 2 aliphatic heterocycles. The van der Waals surface area contributed by atoms with E-state index in [-0.39, 0.29) is 42.4 Å². The Morgan fingerprint density at radius 3 is 2.38 bits per heavy atom. The van der Waals surface area contributed by atoms with E-state index < -0.39 is 40.4 Å². The van der Waals surface area contributed by atoms with E-state index in [0.29, 0.717) is 13.1 Å². The normalized spacial score (nSPS) is 30.6. The summed E-state index contributed by atoms with van der Waals surface area (Å²) in [5, 5.41) is 27.5. The van der Waals surface area contributed by atoms with Crippen molar-refractivity contribution in [3.05, 3.63) is 16.1 Å². The number of aliphatic hydroxyl groups is 1. The van der Waals surface area contributed by atoms with Gasteiger partial charge in [-0.25, -0.2) is 4.98 Å². The molecule has 1 aliphatic carbocycles. The molecule has 3 fully saturated rings. The first kappa shape index (κ1) is 20.0. The Morgan fingerprint density at radius 1 is 1.31 bits per heavy atom. The molecule has 4 rings (SSSR count). The van der Waals surface area contributed by atoms with Gasteiger partial charge in [0, 0.05) is 26.1 Å². The number of carboxylic acids is 1. The molecule has 1 aromatic rings. The van der Waals surface area contributed by atoms with Crippen molar-refractivity contribution in [2.75, 3.05) is 29.4 Å². The summed E-state index contributed by atoms with van der Waals surface area (Å²) in [5.74, 6) is -0.891. The van der Waals surface area contributed by atoms with Gasteiger partial charge in [-0.05, 0) is 24.7 Å². The Morgan fingerprint density at radius 2 is 1.93 bits per heavy atom. The number of aliphatic hydroxyl groups excluding tert-OH is 1. The molecule has 0 aromatic carbocycles. The standard InChI is InChI=1S/C18H18ClF3N4O3/c1-7-12(27)6-26(7)16-9(3-23)14(18(20,21)22)15(19)17(24-16)25-4-10-8(2-13(28)29)11(10)5-25/h7-8,10-12,27H,2,4-6H2,1H3,(H,28,29)/t7-,8?,10-,11+,12+/m0/s1. The zero-order chi connectivity index (χ0) is 21.2. The molecule has 5 atom stereocenters. The fraction of sp³-hybridized carbons (Fsp3) is 0.611. The minimum Gasteiger partial charge on any atom is -0.481 e. The van der Waals surface area contributed by atoms with E-state index >= 15 is 0 Å². The third-order valence-corrected chi connectivity index (χ3v) is 6.64. The number of pyridine rings is 1. The molecule has 2 N–H and O–H groups in total. The van der Waals surface area contributed by atoms with Crippen molar-refractivity contribution in [1.82, 2.24) is 4.98 Å². The molecule has 1 saturated carbocycles. The number of anilines is 2. The number of halogens is 4. The van der Waals surface area contributed by atoms with Gasteiger partial charge in [0.15, 0.2) is 5.82 Å². The second-order valence-electron chi connectivity index (χ2n) is 7.89. The minimum atomic E-state index is -4.85. The number of hydrogen-bond donors (Lipinski definition) is 2. The van der Waals surface area contributed by atoms with E-state index in [9.17, 15) is 28.3 Å². The number of carboxylic acid groups (broad SMARTS) is 1. The van der Waals surface area contributed by atoms with Gasteiger partial charge in [-0.15, -0.1) is 0 Å². The minimum absolute atomic E-state index is 0.0213. The van der Waals surface area contributed by atoms with E-state index in [0.717, 1.165) is 0 Å². The van der Waals surface area contributed by atoms with Gasteiger partial charge < -0.3 is 20.0 Å². The third-order valence-electron chi connectivity index (χ3n) is 6.28. The summed E-state index contributed by atoms with van der Waals surface area (Å²) in [4.78, 5) is 18.3. The van der Waals surface area contributed by atoms with Gasteiger partial charge in [-0.3, -0.25) is 4.79 Å². The Kier molecular flexibility index (Phi) is 4.59. The zero-order valence-corrected chi connectivity index (χ0v) is 16.1. The van der Waals surface area contributed by atoms with Crippen molar-refractivity contribution in [2.24, 2.45) is 17.8 Å². The molecule has 0 spiro atoms. The van der Waals surface area contributed by atoms with Crippen LogP contribution in [0.15, 0.2) is 0 Å². The second kappa shape index (κ2) is 6.64. The predicted molar refractivity (Wildman–Crippen MR) is 96.7 cm³/mol. The molecular formula is C18H18ClF3N4O3. The highest BCUT2D eigenvalue weighted by molar-refractivity contribution is 6.34. The molecule has 0 bridgehead atoms. The molecule has 7 nitrogen and oxygen atoms in total.